The standard InChI is InChI=1S/C75H122N22O23S2/c1-9-39(6)59(96-69(114)50(30-42-32-81-36-84-42)85-55(101)33-83-62(107)45(21-23-56(102)103)87-64(109)46(20-22-54(78)100)88-71(116)53(35-121)94-68(113)51(31-57(104)105)90-61(106)43(77)18-15-26-82-75(79)80)72(117)92-48(28-37(2)3)66(111)86-44(19-13-14-25-76)63(108)89-47(24-27-122-8)65(110)91-49(29-41-16-11-10-12-17-41)67(112)93-52(34-98)70(115)97-60(40(7)99)73(118)95-58(38(4)5)74(119)120/h10-12,16-17,32,36-40,43-53,58-60,98-99,121H,9,13-15,18-31,33-35,76-77H2,1-8H3,(H2,78,100)(H,81,84)(H,83,107)(H,85,101)(H,86,111)(H,87,109)(H,88,116)(H,89,108)(H,90,106)(H,91,110)(H,92,117)(H,93,112)(H,94,113)(H,95,118)(H,96,114)(H,97,115)(H,102,103)(H,104,105)(H,119,120)(H4,79,80,82)/t39-,40+,43-,44-,45-,46-,47-,48-,49-,50-,51-,52-,53-,58-,59-,60-/m0/s1. The number of nitrogens with zero attached hydrogens (tertiary/aromatic N) is 2. The van der Waals surface area contributed by atoms with Crippen LogP contribution in [-0.4, -0.2) is 283 Å². The number of thiol groups is 1. The highest BCUT2D eigenvalue weighted by Gasteiger charge is 2.40. The Morgan fingerprint density at radius 1 is 0.525 bits per heavy atom. The molecule has 2 rings (SSSR count). The number of carboxylic acids is 3. The molecule has 0 saturated carbocycles. The number of unbranched alkanes of at least 4 members (excludes halogenated alkanes) is 1. The van der Waals surface area contributed by atoms with Crippen LogP contribution in [0.15, 0.2) is 47.8 Å². The quantitative estimate of drug-likeness (QED) is 0.0127. The third-order valence-electron chi connectivity index (χ3n) is 18.8. The Kier molecular flexibility index (Phi) is 49.3. The summed E-state index contributed by atoms with van der Waals surface area (Å²) in [5.74, 6) is -22.2. The Morgan fingerprint density at radius 3 is 1.52 bits per heavy atom. The van der Waals surface area contributed by atoms with Gasteiger partial charge in [0.05, 0.1) is 38.0 Å². The third-order valence-corrected chi connectivity index (χ3v) is 19.8. The SMILES string of the molecule is CC[C@H](C)[C@H](NC(=O)[C@H](Cc1cnc[nH]1)NC(=O)CNC(=O)[C@H](CCC(=O)O)NC(=O)[C@H](CCC(N)=O)NC(=O)[C@H](CS)NC(=O)[C@H](CC(=O)O)NC(=O)[C@@H](N)CCCN=C(N)N)C(=O)N[C@@H](CC(C)C)C(=O)N[C@@H](CCCCN)C(=O)N[C@@H](CCSC)C(=O)N[C@@H](Cc1ccccc1)C(=O)N[C@@H](CO)C(=O)N[C@H](C(=O)N[C@H](C(=O)O)C(C)C)[C@@H](C)O. The van der Waals surface area contributed by atoms with E-state index in [0.29, 0.717) is 12.0 Å². The number of thioether (sulfide) groups is 1. The molecular weight excluding hydrogens is 1640 g/mol. The number of imidazole rings is 1. The molecule has 45 nitrogen and oxygen atoms in total. The first-order chi connectivity index (χ1) is 57.5. The van der Waals surface area contributed by atoms with E-state index in [9.17, 15) is 112 Å². The summed E-state index contributed by atoms with van der Waals surface area (Å²) in [7, 11) is 0. The van der Waals surface area contributed by atoms with Crippen LogP contribution >= 0.6 is 24.4 Å². The normalized spacial score (nSPS) is 15.1. The van der Waals surface area contributed by atoms with Gasteiger partial charge in [0.2, 0.25) is 88.6 Å². The average molecular weight is 1760 g/mol. The van der Waals surface area contributed by atoms with Gasteiger partial charge >= 0.3 is 17.9 Å². The summed E-state index contributed by atoms with van der Waals surface area (Å²) in [5.41, 5.74) is 28.6. The minimum Gasteiger partial charge on any atom is -0.481 e. The van der Waals surface area contributed by atoms with Gasteiger partial charge in [0.25, 0.3) is 0 Å². The maximum Gasteiger partial charge on any atom is 0.326 e. The maximum absolute atomic E-state index is 14.7. The number of carbonyl (C=O) groups excluding carboxylic acids is 15. The lowest BCUT2D eigenvalue weighted by atomic mass is 9.96. The van der Waals surface area contributed by atoms with Gasteiger partial charge in [-0.15, -0.1) is 0 Å². The Morgan fingerprint density at radius 2 is 1.01 bits per heavy atom. The van der Waals surface area contributed by atoms with E-state index >= 15 is 0 Å². The highest BCUT2D eigenvalue weighted by atomic mass is 32.2. The predicted molar refractivity (Wildman–Crippen MR) is 446 cm³/mol. The van der Waals surface area contributed by atoms with E-state index < -0.39 is 260 Å². The molecule has 2 aromatic rings. The number of rotatable bonds is 60. The zero-order valence-electron chi connectivity index (χ0n) is 69.5. The summed E-state index contributed by atoms with van der Waals surface area (Å²) in [4.78, 5) is 255. The van der Waals surface area contributed by atoms with Crippen LogP contribution in [-0.2, 0) is 99.1 Å². The number of carboxylic acid groups (broad SMARTS) is 3. The molecule has 122 heavy (non-hydrogen) atoms. The lowest BCUT2D eigenvalue weighted by Gasteiger charge is -2.30. The molecule has 0 bridgehead atoms. The van der Waals surface area contributed by atoms with E-state index in [4.69, 9.17) is 28.7 Å². The van der Waals surface area contributed by atoms with Crippen molar-refractivity contribution in [1.82, 2.24) is 84.4 Å². The monoisotopic (exact) mass is 1760 g/mol. The van der Waals surface area contributed by atoms with Gasteiger partial charge in [-0.25, -0.2) is 9.78 Å². The molecule has 16 atom stereocenters. The summed E-state index contributed by atoms with van der Waals surface area (Å²) in [6.07, 6.45) is -0.559. The number of amides is 15. The second kappa shape index (κ2) is 56.3. The molecule has 682 valence electrons. The number of H-pyrrole nitrogens is 1. The van der Waals surface area contributed by atoms with Crippen LogP contribution < -0.4 is 103 Å². The molecule has 0 unspecified atom stereocenters. The molecule has 1 heterocycles. The summed E-state index contributed by atoms with van der Waals surface area (Å²) in [6.45, 7) is 9.17. The Labute approximate surface area is 714 Å². The maximum atomic E-state index is 14.7. The van der Waals surface area contributed by atoms with E-state index in [1.54, 1.807) is 64.3 Å². The molecule has 0 fully saturated rings. The van der Waals surface area contributed by atoms with E-state index in [1.807, 2.05) is 0 Å². The van der Waals surface area contributed by atoms with E-state index in [2.05, 4.69) is 102 Å². The second-order valence-corrected chi connectivity index (χ2v) is 31.0. The molecule has 30 N–H and O–H groups in total. The summed E-state index contributed by atoms with van der Waals surface area (Å²) < 4.78 is 0. The zero-order valence-corrected chi connectivity index (χ0v) is 71.2. The van der Waals surface area contributed by atoms with Crippen LogP contribution in [0, 0.1) is 17.8 Å². The van der Waals surface area contributed by atoms with Crippen LogP contribution in [0.3, 0.4) is 0 Å². The first-order valence-corrected chi connectivity index (χ1v) is 41.6. The smallest absolute Gasteiger partial charge is 0.326 e. The lowest BCUT2D eigenvalue weighted by Crippen LogP contribution is -2.62. The number of aromatic amines is 1. The van der Waals surface area contributed by atoms with E-state index in [1.165, 1.54) is 38.1 Å². The van der Waals surface area contributed by atoms with Gasteiger partial charge in [-0.1, -0.05) is 78.3 Å². The van der Waals surface area contributed by atoms with Crippen LogP contribution in [0.5, 0.6) is 0 Å². The molecule has 15 amide bonds. The number of guanidine groups is 1. The van der Waals surface area contributed by atoms with Crippen LogP contribution in [0.1, 0.15) is 143 Å². The van der Waals surface area contributed by atoms with Crippen molar-refractivity contribution in [3.05, 3.63) is 54.1 Å². The van der Waals surface area contributed by atoms with Crippen molar-refractivity contribution >= 4 is 137 Å². The molecule has 47 heteroatoms. The highest BCUT2D eigenvalue weighted by molar-refractivity contribution is 7.98. The van der Waals surface area contributed by atoms with Gasteiger partial charge in [0, 0.05) is 49.9 Å². The largest absolute Gasteiger partial charge is 0.481 e. The number of primary amides is 1. The number of aliphatic hydroxyl groups excluding tert-OH is 2. The van der Waals surface area contributed by atoms with Crippen LogP contribution in [0.2, 0.25) is 0 Å². The highest BCUT2D eigenvalue weighted by Crippen LogP contribution is 2.16. The fourth-order valence-electron chi connectivity index (χ4n) is 11.7. The first-order valence-electron chi connectivity index (χ1n) is 39.6. The number of hydrogen-bond acceptors (Lipinski definition) is 26. The van der Waals surface area contributed by atoms with Gasteiger partial charge in [-0.05, 0) is 107 Å². The number of aromatic nitrogens is 2. The number of carbonyl (C=O) groups is 18. The predicted octanol–water partition coefficient (Wildman–Crippen LogP) is -7.38. The number of aliphatic hydroxyl groups is 2. The summed E-state index contributed by atoms with van der Waals surface area (Å²) in [6, 6.07) is -14.0. The van der Waals surface area contributed by atoms with Crippen LogP contribution in [0.4, 0.5) is 0 Å². The van der Waals surface area contributed by atoms with Crippen molar-refractivity contribution in [2.75, 3.05) is 44.0 Å². The molecule has 0 aliphatic heterocycles. The van der Waals surface area contributed by atoms with Gasteiger partial charge in [0.15, 0.2) is 5.96 Å². The van der Waals surface area contributed by atoms with Crippen LogP contribution in [0.25, 0.3) is 0 Å². The molecule has 0 spiro atoms. The van der Waals surface area contributed by atoms with Gasteiger partial charge < -0.3 is 134 Å². The number of benzene rings is 1. The van der Waals surface area contributed by atoms with Crippen molar-refractivity contribution in [1.29, 1.82) is 0 Å². The lowest BCUT2D eigenvalue weighted by molar-refractivity contribution is -0.144. The third kappa shape index (κ3) is 40.4. The van der Waals surface area contributed by atoms with E-state index in [0.717, 1.165) is 6.92 Å². The Hall–Kier alpha value is -11.3. The summed E-state index contributed by atoms with van der Waals surface area (Å²) in [5, 5.41) is 83.8. The fraction of sp³-hybridized carbons (Fsp3) is 0.627. The molecule has 1 aromatic heterocycles. The van der Waals surface area contributed by atoms with Gasteiger partial charge in [-0.3, -0.25) is 86.5 Å². The number of aliphatic imine (C=N–C) groups is 1. The summed E-state index contributed by atoms with van der Waals surface area (Å²) >= 11 is 5.40. The number of nitrogens with one attached hydrogen (secondary N) is 15. The number of aliphatic carboxylic acids is 3. The molecule has 1 aromatic carbocycles. The Bertz CT molecular complexity index is 3840. The van der Waals surface area contributed by atoms with Crippen molar-refractivity contribution < 1.29 is 112 Å². The first kappa shape index (κ1) is 107. The number of nitrogens with two attached hydrogens (primary N) is 5. The van der Waals surface area contributed by atoms with Gasteiger partial charge in [0.1, 0.15) is 78.5 Å². The van der Waals surface area contributed by atoms with E-state index in [-0.39, 0.29) is 94.2 Å². The molecule has 0 aliphatic carbocycles. The van der Waals surface area contributed by atoms with Crippen molar-refractivity contribution in [2.24, 2.45) is 51.4 Å². The molecule has 0 aliphatic rings. The minimum atomic E-state index is -1.82. The minimum absolute atomic E-state index is 0.00275. The van der Waals surface area contributed by atoms with Crippen molar-refractivity contribution in [3.8, 4) is 0 Å². The Balaban J connectivity index is 2.48. The topological polar surface area (TPSA) is 748 Å². The fourth-order valence-corrected chi connectivity index (χ4v) is 12.5. The molecular formula is C75H122N22O23S2. The number of hydrogen-bond donors (Lipinski definition) is 26. The van der Waals surface area contributed by atoms with Crippen molar-refractivity contribution in [2.45, 2.75) is 235 Å². The van der Waals surface area contributed by atoms with Gasteiger partial charge in [-0.2, -0.15) is 24.4 Å². The zero-order chi connectivity index (χ0) is 92.0. The molecule has 0 saturated heterocycles. The van der Waals surface area contributed by atoms with Crippen molar-refractivity contribution in [3.63, 3.8) is 0 Å². The second-order valence-electron chi connectivity index (χ2n) is 29.7. The molecule has 0 radical (unpaired) electrons. The average Bonchev–Trinajstić information content (AvgIpc) is 1.07.